The molecule has 148 valence electrons. The van der Waals surface area contributed by atoms with Crippen molar-refractivity contribution in [3.05, 3.63) is 76.5 Å². The molecule has 0 saturated heterocycles. The summed E-state index contributed by atoms with van der Waals surface area (Å²) >= 11 is 0. The van der Waals surface area contributed by atoms with Crippen LogP contribution in [-0.2, 0) is 10.5 Å². The van der Waals surface area contributed by atoms with Crippen molar-refractivity contribution in [3.8, 4) is 0 Å². The van der Waals surface area contributed by atoms with Crippen LogP contribution in [-0.4, -0.2) is 27.6 Å². The second-order valence-corrected chi connectivity index (χ2v) is 10.4. The number of rotatable bonds is 6. The number of nitrogens with zero attached hydrogens (tertiary/aromatic N) is 1. The number of pyridine rings is 1. The van der Waals surface area contributed by atoms with Crippen molar-refractivity contribution >= 4 is 22.6 Å². The lowest BCUT2D eigenvalue weighted by atomic mass is 9.86. The third-order valence-corrected chi connectivity index (χ3v) is 7.81. The number of aromatic carboxylic acids is 1. The van der Waals surface area contributed by atoms with E-state index in [0.29, 0.717) is 5.69 Å². The van der Waals surface area contributed by atoms with Crippen molar-refractivity contribution in [1.82, 2.24) is 4.98 Å². The van der Waals surface area contributed by atoms with Crippen LogP contribution in [0.5, 0.6) is 0 Å². The first-order valence-electron chi connectivity index (χ1n) is 9.48. The Morgan fingerprint density at radius 2 is 1.89 bits per heavy atom. The maximum absolute atomic E-state index is 12.7. The molecule has 5 heteroatoms. The van der Waals surface area contributed by atoms with Gasteiger partial charge in [0.2, 0.25) is 0 Å². The molecule has 2 heterocycles. The number of hydrogen-bond donors (Lipinski definition) is 2. The molecule has 0 aliphatic carbocycles. The van der Waals surface area contributed by atoms with Crippen LogP contribution in [0, 0.1) is 5.41 Å². The predicted octanol–water partition coefficient (Wildman–Crippen LogP) is 4.97. The number of hydrogen-bond acceptors (Lipinski definition) is 3. The number of benzene rings is 1. The molecule has 4 nitrogen and oxygen atoms in total. The summed E-state index contributed by atoms with van der Waals surface area (Å²) in [6.45, 7) is 6.02. The van der Waals surface area contributed by atoms with Crippen LogP contribution in [0.2, 0.25) is 0 Å². The molecule has 0 saturated carbocycles. The van der Waals surface area contributed by atoms with Gasteiger partial charge in [-0.3, -0.25) is 9.78 Å². The van der Waals surface area contributed by atoms with Crippen molar-refractivity contribution in [3.63, 3.8) is 0 Å². The quantitative estimate of drug-likeness (QED) is 0.676. The summed E-state index contributed by atoms with van der Waals surface area (Å²) in [5.41, 5.74) is 2.10. The van der Waals surface area contributed by atoms with Crippen LogP contribution in [0.1, 0.15) is 54.7 Å². The topological polar surface area (TPSA) is 67.3 Å². The summed E-state index contributed by atoms with van der Waals surface area (Å²) in [4.78, 5) is 29.4. The Balaban J connectivity index is 2.00. The lowest BCUT2D eigenvalue weighted by Gasteiger charge is -2.39. The number of Topliss-reactive ketones (excluding diaryl/α,β-unsaturated/α-hetero) is 1. The Hall–Kier alpha value is -2.40. The number of ketones is 1. The molecular weight excluding hydrogens is 370 g/mol. The zero-order valence-electron chi connectivity index (χ0n) is 16.6. The molecule has 0 fully saturated rings. The molecule has 3 rings (SSSR count). The second-order valence-electron chi connectivity index (χ2n) is 8.04. The van der Waals surface area contributed by atoms with Gasteiger partial charge in [-0.15, -0.1) is 0 Å². The van der Waals surface area contributed by atoms with Crippen LogP contribution in [0.25, 0.3) is 0 Å². The molecular formula is C23H27NO3S. The SMILES string of the molecule is CC(=O)C(C1=CC(C)(C)CC[SH]1Cc1ccccc1)c1ccc(C(=O)O)cn1. The number of carboxylic acids is 1. The first-order valence-corrected chi connectivity index (χ1v) is 11.2. The maximum Gasteiger partial charge on any atom is 0.337 e. The number of thiol groups is 1. The van der Waals surface area contributed by atoms with Gasteiger partial charge in [-0.25, -0.2) is 15.7 Å². The smallest absolute Gasteiger partial charge is 0.337 e. The van der Waals surface area contributed by atoms with E-state index in [1.54, 1.807) is 13.0 Å². The van der Waals surface area contributed by atoms with Gasteiger partial charge in [0.25, 0.3) is 0 Å². The molecule has 0 bridgehead atoms. The van der Waals surface area contributed by atoms with E-state index in [1.165, 1.54) is 22.7 Å². The van der Waals surface area contributed by atoms with E-state index in [-0.39, 0.29) is 16.8 Å². The molecule has 1 aliphatic rings. The van der Waals surface area contributed by atoms with Gasteiger partial charge in [0, 0.05) is 11.9 Å². The molecule has 1 aromatic heterocycles. The highest BCUT2D eigenvalue weighted by molar-refractivity contribution is 8.19. The van der Waals surface area contributed by atoms with Crippen LogP contribution >= 0.6 is 10.9 Å². The largest absolute Gasteiger partial charge is 0.478 e. The summed E-state index contributed by atoms with van der Waals surface area (Å²) in [5, 5.41) is 9.13. The van der Waals surface area contributed by atoms with Crippen LogP contribution in [0.4, 0.5) is 0 Å². The molecule has 1 N–H and O–H groups in total. The van der Waals surface area contributed by atoms with Gasteiger partial charge in [0.1, 0.15) is 5.78 Å². The van der Waals surface area contributed by atoms with E-state index in [4.69, 9.17) is 5.11 Å². The Morgan fingerprint density at radius 1 is 1.18 bits per heavy atom. The molecule has 0 amide bonds. The first-order chi connectivity index (χ1) is 13.3. The van der Waals surface area contributed by atoms with E-state index < -0.39 is 22.8 Å². The van der Waals surface area contributed by atoms with Crippen molar-refractivity contribution in [2.45, 2.75) is 38.9 Å². The van der Waals surface area contributed by atoms with Gasteiger partial charge in [-0.05, 0) is 47.1 Å². The summed E-state index contributed by atoms with van der Waals surface area (Å²) in [5.74, 6) is 0.676. The number of aromatic nitrogens is 1. The van der Waals surface area contributed by atoms with Crippen LogP contribution in [0.3, 0.4) is 0 Å². The first kappa shape index (κ1) is 20.3. The minimum atomic E-state index is -1.01. The molecule has 2 aromatic rings. The van der Waals surface area contributed by atoms with Gasteiger partial charge in [-0.2, -0.15) is 0 Å². The Labute approximate surface area is 169 Å². The van der Waals surface area contributed by atoms with Crippen LogP contribution in [0.15, 0.2) is 59.6 Å². The van der Waals surface area contributed by atoms with E-state index in [2.05, 4.69) is 49.2 Å². The van der Waals surface area contributed by atoms with E-state index in [0.717, 1.165) is 17.9 Å². The summed E-state index contributed by atoms with van der Waals surface area (Å²) in [7, 11) is -0.501. The van der Waals surface area contributed by atoms with Crippen molar-refractivity contribution in [2.75, 3.05) is 5.75 Å². The minimum Gasteiger partial charge on any atom is -0.478 e. The molecule has 1 aliphatic heterocycles. The van der Waals surface area contributed by atoms with Crippen LogP contribution < -0.4 is 0 Å². The molecule has 2 atom stereocenters. The van der Waals surface area contributed by atoms with E-state index >= 15 is 0 Å². The maximum atomic E-state index is 12.7. The lowest BCUT2D eigenvalue weighted by molar-refractivity contribution is -0.117. The molecule has 0 spiro atoms. The normalized spacial score (nSPS) is 20.8. The van der Waals surface area contributed by atoms with Crippen molar-refractivity contribution in [2.24, 2.45) is 5.41 Å². The van der Waals surface area contributed by atoms with Gasteiger partial charge >= 0.3 is 5.97 Å². The van der Waals surface area contributed by atoms with Gasteiger partial charge in [-0.1, -0.05) is 50.3 Å². The highest BCUT2D eigenvalue weighted by Gasteiger charge is 2.33. The zero-order valence-corrected chi connectivity index (χ0v) is 17.4. The monoisotopic (exact) mass is 397 g/mol. The van der Waals surface area contributed by atoms with E-state index in [1.807, 2.05) is 6.07 Å². The number of carbonyl (C=O) groups is 2. The number of allylic oxidation sites excluding steroid dienone is 2. The Morgan fingerprint density at radius 3 is 2.46 bits per heavy atom. The standard InChI is InChI=1S/C23H27NO3S/c1-16(25)21(19-10-9-18(14-24-19)22(26)27)20-13-23(2,3)11-12-28(20)15-17-7-5-4-6-8-17/h4-10,13-14,21,28H,11-12,15H2,1-3H3,(H,26,27). The Bertz CT molecular complexity index is 888. The molecule has 28 heavy (non-hydrogen) atoms. The average Bonchev–Trinajstić information content (AvgIpc) is 2.65. The van der Waals surface area contributed by atoms with Crippen molar-refractivity contribution in [1.29, 1.82) is 0 Å². The highest BCUT2D eigenvalue weighted by Crippen LogP contribution is 2.53. The van der Waals surface area contributed by atoms with E-state index in [9.17, 15) is 9.59 Å². The summed E-state index contributed by atoms with van der Waals surface area (Å²) in [6, 6.07) is 13.6. The lowest BCUT2D eigenvalue weighted by Crippen LogP contribution is -2.23. The van der Waals surface area contributed by atoms with Gasteiger partial charge < -0.3 is 5.11 Å². The molecule has 2 unspecified atom stereocenters. The molecule has 0 radical (unpaired) electrons. The summed E-state index contributed by atoms with van der Waals surface area (Å²) < 4.78 is 0. The number of carbonyl (C=O) groups excluding carboxylic acids is 1. The van der Waals surface area contributed by atoms with Gasteiger partial charge in [0.15, 0.2) is 0 Å². The predicted molar refractivity (Wildman–Crippen MR) is 115 cm³/mol. The summed E-state index contributed by atoms with van der Waals surface area (Å²) in [6.07, 6.45) is 4.73. The fourth-order valence-electron chi connectivity index (χ4n) is 3.63. The fraction of sp³-hybridized carbons (Fsp3) is 0.348. The average molecular weight is 398 g/mol. The van der Waals surface area contributed by atoms with Gasteiger partial charge in [0.05, 0.1) is 17.2 Å². The molecule has 1 aromatic carbocycles. The number of carboxylic acid groups (broad SMARTS) is 1. The highest BCUT2D eigenvalue weighted by atomic mass is 32.2. The third kappa shape index (κ3) is 4.71. The minimum absolute atomic E-state index is 0.0412. The van der Waals surface area contributed by atoms with Crippen molar-refractivity contribution < 1.29 is 14.7 Å². The second kappa shape index (κ2) is 8.31. The fourth-order valence-corrected chi connectivity index (χ4v) is 6.93. The zero-order chi connectivity index (χ0) is 20.3. The Kier molecular flexibility index (Phi) is 6.04. The third-order valence-electron chi connectivity index (χ3n) is 5.18.